The maximum absolute atomic E-state index is 13.5. The molecule has 0 amide bonds. The fraction of sp³-hybridized carbons (Fsp3) is 0.706. The van der Waals surface area contributed by atoms with Crippen molar-refractivity contribution < 1.29 is 23.1 Å². The lowest BCUT2D eigenvalue weighted by Crippen LogP contribution is -2.28. The van der Waals surface area contributed by atoms with Crippen LogP contribution in [-0.4, -0.2) is 41.8 Å². The van der Waals surface area contributed by atoms with Crippen molar-refractivity contribution in [2.75, 3.05) is 31.9 Å². The van der Waals surface area contributed by atoms with Gasteiger partial charge >= 0.3 is 13.3 Å². The van der Waals surface area contributed by atoms with Crippen LogP contribution in [0.25, 0.3) is 0 Å². The Morgan fingerprint density at radius 3 is 2.00 bits per heavy atom. The predicted molar refractivity (Wildman–Crippen MR) is 179 cm³/mol. The van der Waals surface area contributed by atoms with Gasteiger partial charge in [-0.05, 0) is 31.4 Å². The first-order valence-corrected chi connectivity index (χ1v) is 18.6. The van der Waals surface area contributed by atoms with Gasteiger partial charge in [-0.15, -0.1) is 0 Å². The molecule has 0 radical (unpaired) electrons. The summed E-state index contributed by atoms with van der Waals surface area (Å²) in [7, 11) is -3.56. The SMILES string of the molecule is CCCCCCCCCCCCCCCCOCCCOP(=O)(COC(C)Cn1ccc(N)nc1=O)OCc1ccccc1. The molecule has 1 aromatic carbocycles. The third-order valence-corrected chi connectivity index (χ3v) is 9.06. The normalized spacial score (nSPS) is 13.6. The van der Waals surface area contributed by atoms with E-state index in [0.29, 0.717) is 13.0 Å². The smallest absolute Gasteiger partial charge is 0.356 e. The number of anilines is 1. The molecule has 0 saturated carbocycles. The first kappa shape index (κ1) is 38.2. The van der Waals surface area contributed by atoms with Gasteiger partial charge in [0.25, 0.3) is 0 Å². The van der Waals surface area contributed by atoms with Crippen molar-refractivity contribution in [1.82, 2.24) is 9.55 Å². The minimum Gasteiger partial charge on any atom is -0.383 e. The predicted octanol–water partition coefficient (Wildman–Crippen LogP) is 8.50. The fourth-order valence-electron chi connectivity index (χ4n) is 4.85. The lowest BCUT2D eigenvalue weighted by molar-refractivity contribution is 0.0601. The number of unbranched alkanes of at least 4 members (excludes halogenated alkanes) is 13. The summed E-state index contributed by atoms with van der Waals surface area (Å²) in [4.78, 5) is 15.8. The van der Waals surface area contributed by atoms with Crippen LogP contribution in [0.3, 0.4) is 0 Å². The van der Waals surface area contributed by atoms with Crippen molar-refractivity contribution in [2.24, 2.45) is 0 Å². The molecule has 0 saturated heterocycles. The van der Waals surface area contributed by atoms with Crippen LogP contribution in [0.5, 0.6) is 0 Å². The summed E-state index contributed by atoms with van der Waals surface area (Å²) in [5, 5.41) is 0. The number of hydrogen-bond acceptors (Lipinski definition) is 8. The summed E-state index contributed by atoms with van der Waals surface area (Å²) in [6.45, 7) is 5.96. The van der Waals surface area contributed by atoms with Gasteiger partial charge in [0, 0.05) is 19.4 Å². The van der Waals surface area contributed by atoms with Gasteiger partial charge in [0.05, 0.1) is 25.9 Å². The number of ether oxygens (including phenoxy) is 2. The summed E-state index contributed by atoms with van der Waals surface area (Å²) in [5.41, 5.74) is 5.99. The van der Waals surface area contributed by atoms with E-state index in [1.54, 1.807) is 19.2 Å². The van der Waals surface area contributed by atoms with Crippen LogP contribution in [0.4, 0.5) is 5.82 Å². The molecule has 2 atom stereocenters. The number of rotatable bonds is 28. The molecule has 2 unspecified atom stereocenters. The van der Waals surface area contributed by atoms with Crippen molar-refractivity contribution >= 4 is 13.4 Å². The number of nitrogens with two attached hydrogens (primary N) is 1. The van der Waals surface area contributed by atoms with Crippen LogP contribution in [0.15, 0.2) is 47.4 Å². The lowest BCUT2D eigenvalue weighted by Gasteiger charge is -2.21. The summed E-state index contributed by atoms with van der Waals surface area (Å²) < 4.78 is 38.0. The Morgan fingerprint density at radius 1 is 0.795 bits per heavy atom. The zero-order valence-electron chi connectivity index (χ0n) is 27.3. The van der Waals surface area contributed by atoms with Gasteiger partial charge in [-0.1, -0.05) is 121 Å². The molecule has 9 nitrogen and oxygen atoms in total. The van der Waals surface area contributed by atoms with E-state index in [-0.39, 0.29) is 31.9 Å². The van der Waals surface area contributed by atoms with Crippen molar-refractivity contribution in [3.8, 4) is 0 Å². The first-order chi connectivity index (χ1) is 21.4. The molecule has 2 aromatic rings. The van der Waals surface area contributed by atoms with Crippen molar-refractivity contribution in [2.45, 2.75) is 129 Å². The zero-order valence-corrected chi connectivity index (χ0v) is 28.2. The van der Waals surface area contributed by atoms with Crippen LogP contribution in [-0.2, 0) is 36.2 Å². The Kier molecular flexibility index (Phi) is 21.0. The maximum Gasteiger partial charge on any atom is 0.356 e. The van der Waals surface area contributed by atoms with E-state index in [1.165, 1.54) is 88.0 Å². The average Bonchev–Trinajstić information content (AvgIpc) is 3.02. The first-order valence-electron chi connectivity index (χ1n) is 16.9. The number of nitrogens with zero attached hydrogens (tertiary/aromatic N) is 2. The van der Waals surface area contributed by atoms with Crippen LogP contribution < -0.4 is 11.4 Å². The number of hydrogen-bond donors (Lipinski definition) is 1. The Labute approximate surface area is 265 Å². The van der Waals surface area contributed by atoms with E-state index < -0.39 is 19.4 Å². The molecule has 1 aromatic heterocycles. The molecule has 10 heteroatoms. The van der Waals surface area contributed by atoms with Gasteiger partial charge in [0.2, 0.25) is 0 Å². The Morgan fingerprint density at radius 2 is 1.39 bits per heavy atom. The van der Waals surface area contributed by atoms with E-state index in [2.05, 4.69) is 11.9 Å². The quantitative estimate of drug-likeness (QED) is 0.0731. The second-order valence-electron chi connectivity index (χ2n) is 11.7. The minimum absolute atomic E-state index is 0.146. The second kappa shape index (κ2) is 24.2. The molecule has 2 N–H and O–H groups in total. The number of aromatic nitrogens is 2. The molecule has 0 aliphatic carbocycles. The van der Waals surface area contributed by atoms with E-state index in [9.17, 15) is 9.36 Å². The Hall–Kier alpha value is -2.03. The van der Waals surface area contributed by atoms with Gasteiger partial charge in [-0.2, -0.15) is 4.98 Å². The topological polar surface area (TPSA) is 115 Å². The number of nitrogen functional groups attached to an aromatic ring is 1. The highest BCUT2D eigenvalue weighted by molar-refractivity contribution is 7.53. The molecular formula is C34H58N3O6P. The molecule has 1 heterocycles. The molecule has 250 valence electrons. The summed E-state index contributed by atoms with van der Waals surface area (Å²) >= 11 is 0. The highest BCUT2D eigenvalue weighted by Crippen LogP contribution is 2.49. The van der Waals surface area contributed by atoms with Gasteiger partial charge in [0.1, 0.15) is 12.2 Å². The Balaban J connectivity index is 1.57. The molecular weight excluding hydrogens is 577 g/mol. The second-order valence-corrected chi connectivity index (χ2v) is 13.7. The van der Waals surface area contributed by atoms with Crippen LogP contribution >= 0.6 is 7.60 Å². The summed E-state index contributed by atoms with van der Waals surface area (Å²) in [6.07, 6.45) is 20.2. The Bertz CT molecular complexity index is 1080. The van der Waals surface area contributed by atoms with E-state index in [0.717, 1.165) is 18.6 Å². The largest absolute Gasteiger partial charge is 0.383 e. The molecule has 0 spiro atoms. The monoisotopic (exact) mass is 635 g/mol. The van der Waals surface area contributed by atoms with E-state index in [4.69, 9.17) is 24.3 Å². The molecule has 0 aliphatic rings. The maximum atomic E-state index is 13.5. The van der Waals surface area contributed by atoms with E-state index in [1.807, 2.05) is 30.3 Å². The summed E-state index contributed by atoms with van der Waals surface area (Å²) in [5.74, 6) is 0.163. The highest BCUT2D eigenvalue weighted by Gasteiger charge is 2.26. The van der Waals surface area contributed by atoms with Crippen molar-refractivity contribution in [3.63, 3.8) is 0 Å². The third-order valence-electron chi connectivity index (χ3n) is 7.50. The van der Waals surface area contributed by atoms with Crippen LogP contribution in [0.1, 0.15) is 116 Å². The fourth-order valence-corrected chi connectivity index (χ4v) is 6.27. The molecule has 2 rings (SSSR count). The molecule has 0 fully saturated rings. The van der Waals surface area contributed by atoms with Crippen LogP contribution in [0.2, 0.25) is 0 Å². The van der Waals surface area contributed by atoms with Gasteiger partial charge in [-0.25, -0.2) is 4.79 Å². The average molecular weight is 636 g/mol. The van der Waals surface area contributed by atoms with Crippen molar-refractivity contribution in [3.05, 3.63) is 58.6 Å². The summed E-state index contributed by atoms with van der Waals surface area (Å²) in [6, 6.07) is 11.1. The minimum atomic E-state index is -3.56. The molecule has 0 bridgehead atoms. The number of benzene rings is 1. The van der Waals surface area contributed by atoms with Crippen molar-refractivity contribution in [1.29, 1.82) is 0 Å². The highest BCUT2D eigenvalue weighted by atomic mass is 31.2. The van der Waals surface area contributed by atoms with Gasteiger partial charge in [-0.3, -0.25) is 9.13 Å². The van der Waals surface area contributed by atoms with Gasteiger partial charge < -0.3 is 24.3 Å². The third kappa shape index (κ3) is 18.7. The zero-order chi connectivity index (χ0) is 31.7. The van der Waals surface area contributed by atoms with Crippen LogP contribution in [0, 0.1) is 0 Å². The lowest BCUT2D eigenvalue weighted by atomic mass is 10.0. The van der Waals surface area contributed by atoms with Gasteiger partial charge in [0.15, 0.2) is 0 Å². The molecule has 44 heavy (non-hydrogen) atoms. The van der Waals surface area contributed by atoms with E-state index >= 15 is 0 Å². The standard InChI is InChI=1S/C34H58N3O6P/c1-3-4-5-6-7-8-9-10-11-12-13-14-15-19-25-40-26-20-27-42-44(39,43-29-32-21-17-16-18-22-32)30-41-31(2)28-37-24-23-33(35)36-34(37)38/h16-18,21-24,31H,3-15,19-20,25-30H2,1-2H3,(H2,35,36,38). The molecule has 0 aliphatic heterocycles.